The van der Waals surface area contributed by atoms with Crippen LogP contribution in [0.25, 0.3) is 11.3 Å². The summed E-state index contributed by atoms with van der Waals surface area (Å²) in [6.45, 7) is 2.27. The molecule has 0 aliphatic rings. The first-order chi connectivity index (χ1) is 14.1. The number of carbonyl (C=O) groups is 1. The van der Waals surface area contributed by atoms with Gasteiger partial charge in [0.2, 0.25) is 0 Å². The van der Waals surface area contributed by atoms with Crippen molar-refractivity contribution < 1.29 is 9.53 Å². The van der Waals surface area contributed by atoms with Crippen LogP contribution >= 0.6 is 22.9 Å². The van der Waals surface area contributed by atoms with Crippen LogP contribution in [0.1, 0.15) is 26.5 Å². The van der Waals surface area contributed by atoms with Gasteiger partial charge in [-0.05, 0) is 31.2 Å². The lowest BCUT2D eigenvalue weighted by molar-refractivity contribution is 0.103. The molecule has 4 rings (SSSR count). The van der Waals surface area contributed by atoms with Gasteiger partial charge in [0.1, 0.15) is 17.4 Å². The SMILES string of the molecule is Cc1ccc(OCc2nc(-c3ccc(Cl)cc3)cs2)c(C(=O)c2ccccc2)c1. The van der Waals surface area contributed by atoms with Crippen LogP contribution in [0.2, 0.25) is 5.02 Å². The molecule has 0 N–H and O–H groups in total. The van der Waals surface area contributed by atoms with Gasteiger partial charge in [0.25, 0.3) is 0 Å². The number of aromatic nitrogens is 1. The minimum absolute atomic E-state index is 0.0507. The van der Waals surface area contributed by atoms with Crippen LogP contribution in [0.15, 0.2) is 78.2 Å². The first-order valence-corrected chi connectivity index (χ1v) is 10.4. The molecule has 29 heavy (non-hydrogen) atoms. The zero-order valence-electron chi connectivity index (χ0n) is 15.8. The Kier molecular flexibility index (Phi) is 5.74. The molecule has 0 unspecified atom stereocenters. The number of aryl methyl sites for hydroxylation is 1. The van der Waals surface area contributed by atoms with Crippen molar-refractivity contribution in [1.82, 2.24) is 4.98 Å². The third-order valence-corrected chi connectivity index (χ3v) is 5.53. The Morgan fingerprint density at radius 2 is 1.79 bits per heavy atom. The first kappa shape index (κ1) is 19.4. The number of benzene rings is 3. The Hall–Kier alpha value is -2.95. The molecule has 0 bridgehead atoms. The molecule has 0 aliphatic heterocycles. The lowest BCUT2D eigenvalue weighted by Gasteiger charge is -2.11. The molecule has 0 aliphatic carbocycles. The number of thiazole rings is 1. The summed E-state index contributed by atoms with van der Waals surface area (Å²) in [6.07, 6.45) is 0. The standard InChI is InChI=1S/C24H18ClNO2S/c1-16-7-12-22(20(13-16)24(27)18-5-3-2-4-6-18)28-14-23-26-21(15-29-23)17-8-10-19(25)11-9-17/h2-13,15H,14H2,1H3. The summed E-state index contributed by atoms with van der Waals surface area (Å²) in [7, 11) is 0. The Bertz CT molecular complexity index is 1140. The van der Waals surface area contributed by atoms with E-state index < -0.39 is 0 Å². The monoisotopic (exact) mass is 419 g/mol. The molecule has 4 aromatic rings. The molecule has 0 saturated heterocycles. The molecule has 0 spiro atoms. The van der Waals surface area contributed by atoms with Crippen molar-refractivity contribution in [1.29, 1.82) is 0 Å². The van der Waals surface area contributed by atoms with E-state index in [0.29, 0.717) is 28.5 Å². The van der Waals surface area contributed by atoms with E-state index in [-0.39, 0.29) is 5.78 Å². The molecule has 3 nitrogen and oxygen atoms in total. The van der Waals surface area contributed by atoms with Gasteiger partial charge in [0.15, 0.2) is 5.78 Å². The quantitative estimate of drug-likeness (QED) is 0.331. The van der Waals surface area contributed by atoms with Gasteiger partial charge >= 0.3 is 0 Å². The van der Waals surface area contributed by atoms with E-state index in [1.165, 1.54) is 11.3 Å². The molecule has 3 aromatic carbocycles. The number of rotatable bonds is 6. The van der Waals surface area contributed by atoms with Crippen LogP contribution in [-0.4, -0.2) is 10.8 Å². The second-order valence-electron chi connectivity index (χ2n) is 6.62. The van der Waals surface area contributed by atoms with E-state index in [0.717, 1.165) is 21.8 Å². The summed E-state index contributed by atoms with van der Waals surface area (Å²) in [6, 6.07) is 22.5. The predicted octanol–water partition coefficient (Wildman–Crippen LogP) is 6.58. The van der Waals surface area contributed by atoms with E-state index in [4.69, 9.17) is 16.3 Å². The molecule has 0 saturated carbocycles. The number of ketones is 1. The van der Waals surface area contributed by atoms with Crippen LogP contribution in [0.3, 0.4) is 0 Å². The van der Waals surface area contributed by atoms with E-state index >= 15 is 0 Å². The van der Waals surface area contributed by atoms with Crippen LogP contribution < -0.4 is 4.74 Å². The number of hydrogen-bond acceptors (Lipinski definition) is 4. The third-order valence-electron chi connectivity index (χ3n) is 4.46. The molecular weight excluding hydrogens is 402 g/mol. The number of carbonyl (C=O) groups excluding carboxylic acids is 1. The maximum absolute atomic E-state index is 12.9. The molecular formula is C24H18ClNO2S. The average molecular weight is 420 g/mol. The normalized spacial score (nSPS) is 10.7. The largest absolute Gasteiger partial charge is 0.486 e. The van der Waals surface area contributed by atoms with Crippen LogP contribution in [0.5, 0.6) is 5.75 Å². The van der Waals surface area contributed by atoms with Crippen LogP contribution in [-0.2, 0) is 6.61 Å². The Morgan fingerprint density at radius 3 is 2.55 bits per heavy atom. The van der Waals surface area contributed by atoms with Gasteiger partial charge in [0, 0.05) is 21.5 Å². The summed E-state index contributed by atoms with van der Waals surface area (Å²) < 4.78 is 6.00. The highest BCUT2D eigenvalue weighted by Gasteiger charge is 2.16. The smallest absolute Gasteiger partial charge is 0.196 e. The Balaban J connectivity index is 1.53. The summed E-state index contributed by atoms with van der Waals surface area (Å²) in [5, 5.41) is 3.53. The average Bonchev–Trinajstić information content (AvgIpc) is 3.22. The Labute approximate surface area is 178 Å². The van der Waals surface area contributed by atoms with Gasteiger partial charge < -0.3 is 4.74 Å². The van der Waals surface area contributed by atoms with Crippen molar-refractivity contribution in [3.8, 4) is 17.0 Å². The maximum Gasteiger partial charge on any atom is 0.196 e. The van der Waals surface area contributed by atoms with Crippen LogP contribution in [0, 0.1) is 6.92 Å². The van der Waals surface area contributed by atoms with Gasteiger partial charge in [-0.15, -0.1) is 11.3 Å². The summed E-state index contributed by atoms with van der Waals surface area (Å²) in [5.74, 6) is 0.512. The lowest BCUT2D eigenvalue weighted by atomic mass is 10.0. The summed E-state index contributed by atoms with van der Waals surface area (Å²) >= 11 is 7.48. The molecule has 144 valence electrons. The van der Waals surface area contributed by atoms with Gasteiger partial charge in [-0.2, -0.15) is 0 Å². The van der Waals surface area contributed by atoms with E-state index in [2.05, 4.69) is 4.98 Å². The molecule has 5 heteroatoms. The summed E-state index contributed by atoms with van der Waals surface area (Å²) in [4.78, 5) is 17.6. The molecule has 0 radical (unpaired) electrons. The fourth-order valence-corrected chi connectivity index (χ4v) is 3.80. The van der Waals surface area contributed by atoms with Crippen molar-refractivity contribution in [2.45, 2.75) is 13.5 Å². The minimum atomic E-state index is -0.0507. The second kappa shape index (κ2) is 8.60. The third kappa shape index (κ3) is 4.56. The highest BCUT2D eigenvalue weighted by Crippen LogP contribution is 2.27. The fourth-order valence-electron chi connectivity index (χ4n) is 2.96. The minimum Gasteiger partial charge on any atom is -0.486 e. The zero-order chi connectivity index (χ0) is 20.2. The number of halogens is 1. The second-order valence-corrected chi connectivity index (χ2v) is 8.00. The van der Waals surface area contributed by atoms with Crippen molar-refractivity contribution in [2.24, 2.45) is 0 Å². The van der Waals surface area contributed by atoms with Crippen molar-refractivity contribution >= 4 is 28.7 Å². The lowest BCUT2D eigenvalue weighted by Crippen LogP contribution is -2.06. The topological polar surface area (TPSA) is 39.2 Å². The Morgan fingerprint density at radius 1 is 1.03 bits per heavy atom. The highest BCUT2D eigenvalue weighted by molar-refractivity contribution is 7.09. The maximum atomic E-state index is 12.9. The van der Waals surface area contributed by atoms with E-state index in [1.54, 1.807) is 0 Å². The zero-order valence-corrected chi connectivity index (χ0v) is 17.3. The van der Waals surface area contributed by atoms with Crippen molar-refractivity contribution in [2.75, 3.05) is 0 Å². The van der Waals surface area contributed by atoms with Crippen molar-refractivity contribution in [3.63, 3.8) is 0 Å². The van der Waals surface area contributed by atoms with E-state index in [9.17, 15) is 4.79 Å². The number of hydrogen-bond donors (Lipinski definition) is 0. The molecule has 1 heterocycles. The molecule has 1 aromatic heterocycles. The fraction of sp³-hybridized carbons (Fsp3) is 0.0833. The number of nitrogens with zero attached hydrogens (tertiary/aromatic N) is 1. The van der Waals surface area contributed by atoms with Gasteiger partial charge in [-0.3, -0.25) is 4.79 Å². The highest BCUT2D eigenvalue weighted by atomic mass is 35.5. The first-order valence-electron chi connectivity index (χ1n) is 9.14. The predicted molar refractivity (Wildman–Crippen MR) is 118 cm³/mol. The van der Waals surface area contributed by atoms with Gasteiger partial charge in [-0.25, -0.2) is 4.98 Å². The molecule has 0 amide bonds. The number of ether oxygens (including phenoxy) is 1. The molecule has 0 fully saturated rings. The van der Waals surface area contributed by atoms with E-state index in [1.807, 2.05) is 85.1 Å². The van der Waals surface area contributed by atoms with Gasteiger partial charge in [-0.1, -0.05) is 65.7 Å². The van der Waals surface area contributed by atoms with Crippen LogP contribution in [0.4, 0.5) is 0 Å². The summed E-state index contributed by atoms with van der Waals surface area (Å²) in [5.41, 5.74) is 4.10. The molecule has 0 atom stereocenters. The van der Waals surface area contributed by atoms with Gasteiger partial charge in [0.05, 0.1) is 11.3 Å². The van der Waals surface area contributed by atoms with Crippen molar-refractivity contribution in [3.05, 3.63) is 105 Å².